The number of benzene rings is 1. The number of carbonyl (C=O) groups excluding carboxylic acids is 1. The van der Waals surface area contributed by atoms with Gasteiger partial charge in [-0.25, -0.2) is 0 Å². The maximum absolute atomic E-state index is 13.0. The normalized spacial score (nSPS) is 32.2. The van der Waals surface area contributed by atoms with Crippen molar-refractivity contribution in [3.63, 3.8) is 0 Å². The molecule has 1 aromatic rings. The summed E-state index contributed by atoms with van der Waals surface area (Å²) >= 11 is 0. The highest BCUT2D eigenvalue weighted by molar-refractivity contribution is 5.94. The number of nitrogens with zero attached hydrogens (tertiary/aromatic N) is 2. The van der Waals surface area contributed by atoms with Gasteiger partial charge in [0.15, 0.2) is 0 Å². The van der Waals surface area contributed by atoms with Crippen LogP contribution in [0.25, 0.3) is 0 Å². The number of ether oxygens (including phenoxy) is 1. The van der Waals surface area contributed by atoms with Crippen molar-refractivity contribution < 1.29 is 9.53 Å². The molecule has 1 saturated carbocycles. The standard InChI is InChI=1S/C27H39N2O2/c1-27(2,3)20-9-7-19(8-10-20)26(30)28-17-24-23(25(24)18-28)16-22-6-4-5-13-29(22)21-11-14-31-15-12-21/h4,7-10,21-25H,5-6,11-18H2,1-3H3. The second-order valence-corrected chi connectivity index (χ2v) is 11.3. The Hall–Kier alpha value is -1.39. The molecule has 1 aliphatic carbocycles. The Bertz CT molecular complexity index is 765. The van der Waals surface area contributed by atoms with E-state index in [1.165, 1.54) is 44.2 Å². The maximum Gasteiger partial charge on any atom is 0.253 e. The Morgan fingerprint density at radius 1 is 1.06 bits per heavy atom. The topological polar surface area (TPSA) is 32.8 Å². The van der Waals surface area contributed by atoms with Gasteiger partial charge in [0, 0.05) is 44.0 Å². The quantitative estimate of drug-likeness (QED) is 0.713. The molecule has 0 spiro atoms. The second kappa shape index (κ2) is 8.51. The first-order valence-electron chi connectivity index (χ1n) is 12.5. The van der Waals surface area contributed by atoms with Crippen LogP contribution in [-0.2, 0) is 10.2 Å². The Labute approximate surface area is 188 Å². The molecule has 1 radical (unpaired) electrons. The Kier molecular flexibility index (Phi) is 5.89. The number of hydrogen-bond acceptors (Lipinski definition) is 3. The molecule has 3 heterocycles. The van der Waals surface area contributed by atoms with Crippen molar-refractivity contribution in [2.75, 3.05) is 32.8 Å². The third kappa shape index (κ3) is 4.43. The van der Waals surface area contributed by atoms with Crippen molar-refractivity contribution in [2.45, 2.75) is 70.4 Å². The van der Waals surface area contributed by atoms with E-state index >= 15 is 0 Å². The van der Waals surface area contributed by atoms with Crippen LogP contribution in [0.5, 0.6) is 0 Å². The van der Waals surface area contributed by atoms with Crippen molar-refractivity contribution in [3.8, 4) is 0 Å². The van der Waals surface area contributed by atoms with Crippen molar-refractivity contribution in [1.82, 2.24) is 9.80 Å². The molecule has 4 nitrogen and oxygen atoms in total. The van der Waals surface area contributed by atoms with E-state index in [9.17, 15) is 4.79 Å². The van der Waals surface area contributed by atoms with Crippen LogP contribution in [0.1, 0.15) is 68.8 Å². The number of piperidine rings is 2. The van der Waals surface area contributed by atoms with Crippen LogP contribution < -0.4 is 0 Å². The molecule has 4 heteroatoms. The fraction of sp³-hybridized carbons (Fsp3) is 0.704. The maximum atomic E-state index is 13.0. The van der Waals surface area contributed by atoms with Gasteiger partial charge in [-0.15, -0.1) is 0 Å². The molecule has 1 aromatic carbocycles. The predicted molar refractivity (Wildman–Crippen MR) is 124 cm³/mol. The van der Waals surface area contributed by atoms with Crippen molar-refractivity contribution >= 4 is 5.91 Å². The van der Waals surface area contributed by atoms with Gasteiger partial charge in [0.1, 0.15) is 0 Å². The lowest BCUT2D eigenvalue weighted by Gasteiger charge is -2.43. The van der Waals surface area contributed by atoms with Gasteiger partial charge in [-0.05, 0) is 85.9 Å². The SMILES string of the molecule is CC(C)(C)c1ccc(C(=O)N2CC3C(CC4C[CH]CCN4C4CCOCC4)C3C2)cc1. The average molecular weight is 424 g/mol. The molecular formula is C27H39N2O2. The van der Waals surface area contributed by atoms with E-state index in [1.807, 2.05) is 12.1 Å². The average Bonchev–Trinajstić information content (AvgIpc) is 3.21. The van der Waals surface area contributed by atoms with Crippen LogP contribution in [0.15, 0.2) is 24.3 Å². The lowest BCUT2D eigenvalue weighted by atomic mass is 9.86. The van der Waals surface area contributed by atoms with Gasteiger partial charge in [0.2, 0.25) is 0 Å². The van der Waals surface area contributed by atoms with Gasteiger partial charge < -0.3 is 9.64 Å². The Balaban J connectivity index is 1.15. The zero-order chi connectivity index (χ0) is 21.6. The molecule has 3 unspecified atom stereocenters. The molecule has 3 atom stereocenters. The number of fused-ring (bicyclic) bond motifs is 1. The molecule has 4 fully saturated rings. The minimum Gasteiger partial charge on any atom is -0.381 e. The highest BCUT2D eigenvalue weighted by Crippen LogP contribution is 2.55. The summed E-state index contributed by atoms with van der Waals surface area (Å²) in [6.45, 7) is 11.7. The summed E-state index contributed by atoms with van der Waals surface area (Å²) in [7, 11) is 0. The molecule has 0 aromatic heterocycles. The number of likely N-dealkylation sites (tertiary alicyclic amines) is 2. The zero-order valence-corrected chi connectivity index (χ0v) is 19.6. The largest absolute Gasteiger partial charge is 0.381 e. The van der Waals surface area contributed by atoms with Gasteiger partial charge in [0.25, 0.3) is 5.91 Å². The van der Waals surface area contributed by atoms with Gasteiger partial charge >= 0.3 is 0 Å². The summed E-state index contributed by atoms with van der Waals surface area (Å²) in [5.41, 5.74) is 2.25. The molecule has 1 amide bonds. The van der Waals surface area contributed by atoms with E-state index < -0.39 is 0 Å². The van der Waals surface area contributed by atoms with Crippen molar-refractivity contribution in [2.24, 2.45) is 17.8 Å². The molecule has 5 rings (SSSR count). The summed E-state index contributed by atoms with van der Waals surface area (Å²) in [6, 6.07) is 9.72. The van der Waals surface area contributed by atoms with E-state index in [-0.39, 0.29) is 11.3 Å². The number of amides is 1. The highest BCUT2D eigenvalue weighted by atomic mass is 16.5. The zero-order valence-electron chi connectivity index (χ0n) is 19.6. The summed E-state index contributed by atoms with van der Waals surface area (Å²) in [5, 5.41) is 0. The summed E-state index contributed by atoms with van der Waals surface area (Å²) in [6.07, 6.45) is 8.72. The molecule has 31 heavy (non-hydrogen) atoms. The first-order chi connectivity index (χ1) is 14.9. The van der Waals surface area contributed by atoms with Crippen LogP contribution in [-0.4, -0.2) is 60.6 Å². The first kappa shape index (κ1) is 21.5. The summed E-state index contributed by atoms with van der Waals surface area (Å²) in [4.78, 5) is 18.0. The van der Waals surface area contributed by atoms with Gasteiger partial charge in [-0.2, -0.15) is 0 Å². The molecule has 3 saturated heterocycles. The number of rotatable bonds is 4. The molecule has 0 bridgehead atoms. The minimum absolute atomic E-state index is 0.124. The monoisotopic (exact) mass is 423 g/mol. The lowest BCUT2D eigenvalue weighted by Crippen LogP contribution is -2.49. The molecule has 3 aliphatic heterocycles. The Morgan fingerprint density at radius 3 is 2.39 bits per heavy atom. The van der Waals surface area contributed by atoms with Gasteiger partial charge in [0.05, 0.1) is 0 Å². The predicted octanol–water partition coefficient (Wildman–Crippen LogP) is 4.54. The number of carbonyl (C=O) groups is 1. The van der Waals surface area contributed by atoms with E-state index in [4.69, 9.17) is 4.74 Å². The third-order valence-corrected chi connectivity index (χ3v) is 8.36. The van der Waals surface area contributed by atoms with Crippen LogP contribution in [0.2, 0.25) is 0 Å². The van der Waals surface area contributed by atoms with E-state index in [0.29, 0.717) is 6.04 Å². The summed E-state index contributed by atoms with van der Waals surface area (Å²) in [5.74, 6) is 2.51. The third-order valence-electron chi connectivity index (χ3n) is 8.36. The fourth-order valence-electron chi connectivity index (χ4n) is 6.37. The minimum atomic E-state index is 0.124. The molecule has 4 aliphatic rings. The van der Waals surface area contributed by atoms with Crippen molar-refractivity contribution in [1.29, 1.82) is 0 Å². The van der Waals surface area contributed by atoms with Crippen LogP contribution in [0, 0.1) is 24.2 Å². The van der Waals surface area contributed by atoms with E-state index in [1.54, 1.807) is 0 Å². The smallest absolute Gasteiger partial charge is 0.253 e. The number of hydrogen-bond donors (Lipinski definition) is 0. The van der Waals surface area contributed by atoms with E-state index in [2.05, 4.69) is 49.1 Å². The lowest BCUT2D eigenvalue weighted by molar-refractivity contribution is 0.00680. The highest BCUT2D eigenvalue weighted by Gasteiger charge is 2.57. The summed E-state index contributed by atoms with van der Waals surface area (Å²) < 4.78 is 5.60. The van der Waals surface area contributed by atoms with Crippen molar-refractivity contribution in [3.05, 3.63) is 41.8 Å². The Morgan fingerprint density at radius 2 is 1.74 bits per heavy atom. The van der Waals surface area contributed by atoms with Crippen LogP contribution in [0.3, 0.4) is 0 Å². The van der Waals surface area contributed by atoms with Gasteiger partial charge in [-0.3, -0.25) is 9.69 Å². The second-order valence-electron chi connectivity index (χ2n) is 11.3. The van der Waals surface area contributed by atoms with E-state index in [0.717, 1.165) is 55.7 Å². The van der Waals surface area contributed by atoms with Crippen LogP contribution >= 0.6 is 0 Å². The fourth-order valence-corrected chi connectivity index (χ4v) is 6.37. The molecular weight excluding hydrogens is 384 g/mol. The molecule has 169 valence electrons. The van der Waals surface area contributed by atoms with Gasteiger partial charge in [-0.1, -0.05) is 32.9 Å². The van der Waals surface area contributed by atoms with Crippen LogP contribution in [0.4, 0.5) is 0 Å². The molecule has 0 N–H and O–H groups in total. The first-order valence-corrected chi connectivity index (χ1v) is 12.5.